The molecule has 11 heteroatoms. The Bertz CT molecular complexity index is 1670. The number of carbonyl (C=O) groups excluding carboxylic acids is 2. The molecular weight excluding hydrogens is 558 g/mol. The summed E-state index contributed by atoms with van der Waals surface area (Å²) in [5.74, 6) is -0.224. The lowest BCUT2D eigenvalue weighted by atomic mass is 10.2. The van der Waals surface area contributed by atoms with Gasteiger partial charge in [0, 0.05) is 6.07 Å². The second kappa shape index (κ2) is 13.5. The van der Waals surface area contributed by atoms with E-state index in [9.17, 15) is 18.0 Å². The van der Waals surface area contributed by atoms with Gasteiger partial charge in [-0.2, -0.15) is 5.10 Å². The van der Waals surface area contributed by atoms with Crippen LogP contribution in [0.1, 0.15) is 21.5 Å². The molecule has 0 aliphatic rings. The minimum atomic E-state index is -4.19. The zero-order valence-electron chi connectivity index (χ0n) is 23.2. The lowest BCUT2D eigenvalue weighted by Crippen LogP contribution is -2.39. The molecule has 0 spiro atoms. The second-order valence-corrected chi connectivity index (χ2v) is 10.8. The van der Waals surface area contributed by atoms with E-state index in [0.29, 0.717) is 22.6 Å². The van der Waals surface area contributed by atoms with Crippen molar-refractivity contribution < 1.29 is 32.2 Å². The molecule has 4 rings (SSSR count). The largest absolute Gasteiger partial charge is 0.497 e. The number of hydrogen-bond acceptors (Lipinski definition) is 8. The predicted molar refractivity (Wildman–Crippen MR) is 159 cm³/mol. The van der Waals surface area contributed by atoms with Crippen LogP contribution in [0, 0.1) is 6.92 Å². The van der Waals surface area contributed by atoms with Crippen molar-refractivity contribution in [1.82, 2.24) is 5.43 Å². The van der Waals surface area contributed by atoms with Crippen LogP contribution in [0.5, 0.6) is 17.2 Å². The number of hydrogen-bond donors (Lipinski definition) is 1. The van der Waals surface area contributed by atoms with Crippen LogP contribution < -0.4 is 23.9 Å². The van der Waals surface area contributed by atoms with Gasteiger partial charge in [-0.05, 0) is 73.2 Å². The number of ether oxygens (including phenoxy) is 3. The van der Waals surface area contributed by atoms with Gasteiger partial charge < -0.3 is 14.2 Å². The third-order valence-corrected chi connectivity index (χ3v) is 7.83. The van der Waals surface area contributed by atoms with Gasteiger partial charge in [-0.15, -0.1) is 0 Å². The third-order valence-electron chi connectivity index (χ3n) is 6.05. The van der Waals surface area contributed by atoms with E-state index in [-0.39, 0.29) is 16.3 Å². The van der Waals surface area contributed by atoms with Crippen LogP contribution >= 0.6 is 0 Å². The first-order valence-electron chi connectivity index (χ1n) is 12.7. The minimum absolute atomic E-state index is 0.00216. The van der Waals surface area contributed by atoms with E-state index in [2.05, 4.69) is 10.5 Å². The molecule has 0 saturated carbocycles. The molecule has 1 N–H and O–H groups in total. The summed E-state index contributed by atoms with van der Waals surface area (Å²) >= 11 is 0. The Kier molecular flexibility index (Phi) is 9.56. The highest BCUT2D eigenvalue weighted by atomic mass is 32.2. The van der Waals surface area contributed by atoms with Crippen LogP contribution in [0.2, 0.25) is 0 Å². The first kappa shape index (κ1) is 29.8. The van der Waals surface area contributed by atoms with Gasteiger partial charge in [-0.25, -0.2) is 18.6 Å². The molecule has 4 aromatic rings. The average Bonchev–Trinajstić information content (AvgIpc) is 3.01. The SMILES string of the molecule is COc1ccc(OC)c(N(CC(=O)N/N=C\c2ccc(OC(=O)c3ccccc3)cc2)S(=O)(=O)c2ccc(C)cc2)c1. The molecule has 0 bridgehead atoms. The molecule has 4 aromatic carbocycles. The quantitative estimate of drug-likeness (QED) is 0.118. The summed E-state index contributed by atoms with van der Waals surface area (Å²) in [6.45, 7) is 1.25. The first-order chi connectivity index (χ1) is 20.2. The van der Waals surface area contributed by atoms with Crippen molar-refractivity contribution in [2.24, 2.45) is 5.10 Å². The molecule has 0 fully saturated rings. The Morgan fingerprint density at radius 3 is 2.17 bits per heavy atom. The monoisotopic (exact) mass is 587 g/mol. The molecule has 0 aliphatic heterocycles. The summed E-state index contributed by atoms with van der Waals surface area (Å²) in [6.07, 6.45) is 1.38. The number of nitrogens with zero attached hydrogens (tertiary/aromatic N) is 2. The van der Waals surface area contributed by atoms with Gasteiger partial charge in [0.15, 0.2) is 0 Å². The number of methoxy groups -OCH3 is 2. The molecule has 0 unspecified atom stereocenters. The topological polar surface area (TPSA) is 124 Å². The van der Waals surface area contributed by atoms with Crippen molar-refractivity contribution in [2.75, 3.05) is 25.1 Å². The molecule has 216 valence electrons. The lowest BCUT2D eigenvalue weighted by molar-refractivity contribution is -0.119. The maximum Gasteiger partial charge on any atom is 0.343 e. The fourth-order valence-electron chi connectivity index (χ4n) is 3.84. The number of amides is 1. The number of rotatable bonds is 11. The van der Waals surface area contributed by atoms with Crippen molar-refractivity contribution >= 4 is 33.8 Å². The van der Waals surface area contributed by atoms with Crippen molar-refractivity contribution in [3.63, 3.8) is 0 Å². The summed E-state index contributed by atoms with van der Waals surface area (Å²) in [5, 5.41) is 3.96. The van der Waals surface area contributed by atoms with Crippen molar-refractivity contribution in [3.05, 3.63) is 114 Å². The fourth-order valence-corrected chi connectivity index (χ4v) is 5.26. The number of benzene rings is 4. The van der Waals surface area contributed by atoms with E-state index in [1.54, 1.807) is 78.9 Å². The summed E-state index contributed by atoms with van der Waals surface area (Å²) in [7, 11) is -1.34. The van der Waals surface area contributed by atoms with Crippen molar-refractivity contribution in [2.45, 2.75) is 11.8 Å². The van der Waals surface area contributed by atoms with E-state index in [0.717, 1.165) is 9.87 Å². The lowest BCUT2D eigenvalue weighted by Gasteiger charge is -2.25. The summed E-state index contributed by atoms with van der Waals surface area (Å²) in [5.41, 5.74) is 4.40. The molecule has 0 radical (unpaired) electrons. The van der Waals surface area contributed by atoms with E-state index < -0.39 is 28.4 Å². The van der Waals surface area contributed by atoms with Crippen LogP contribution in [0.4, 0.5) is 5.69 Å². The highest BCUT2D eigenvalue weighted by molar-refractivity contribution is 7.92. The number of sulfonamides is 1. The van der Waals surface area contributed by atoms with Gasteiger partial charge in [0.05, 0.1) is 36.6 Å². The van der Waals surface area contributed by atoms with Crippen molar-refractivity contribution in [3.8, 4) is 17.2 Å². The number of hydrazone groups is 1. The molecular formula is C31H29N3O7S. The van der Waals surface area contributed by atoms with E-state index in [4.69, 9.17) is 14.2 Å². The number of nitrogens with one attached hydrogen (secondary N) is 1. The third kappa shape index (κ3) is 7.32. The summed E-state index contributed by atoms with van der Waals surface area (Å²) in [6, 6.07) is 26.0. The first-order valence-corrected chi connectivity index (χ1v) is 14.2. The highest BCUT2D eigenvalue weighted by Gasteiger charge is 2.30. The van der Waals surface area contributed by atoms with E-state index in [1.807, 2.05) is 6.92 Å². The van der Waals surface area contributed by atoms with Gasteiger partial charge in [-0.1, -0.05) is 35.9 Å². The van der Waals surface area contributed by atoms with Crippen LogP contribution in [0.3, 0.4) is 0 Å². The average molecular weight is 588 g/mol. The summed E-state index contributed by atoms with van der Waals surface area (Å²) < 4.78 is 44.4. The number of aryl methyl sites for hydroxylation is 1. The normalized spacial score (nSPS) is 11.1. The molecule has 10 nitrogen and oxygen atoms in total. The van der Waals surface area contributed by atoms with E-state index in [1.165, 1.54) is 38.6 Å². The number of esters is 1. The molecule has 1 amide bonds. The zero-order chi connectivity index (χ0) is 30.1. The van der Waals surface area contributed by atoms with Gasteiger partial charge in [-0.3, -0.25) is 9.10 Å². The fraction of sp³-hybridized carbons (Fsp3) is 0.129. The Balaban J connectivity index is 1.49. The molecule has 42 heavy (non-hydrogen) atoms. The number of anilines is 1. The van der Waals surface area contributed by atoms with Gasteiger partial charge >= 0.3 is 5.97 Å². The molecule has 0 aliphatic carbocycles. The zero-order valence-corrected chi connectivity index (χ0v) is 24.0. The predicted octanol–water partition coefficient (Wildman–Crippen LogP) is 4.58. The van der Waals surface area contributed by atoms with Crippen LogP contribution in [0.25, 0.3) is 0 Å². The Labute approximate surface area is 244 Å². The maximum atomic E-state index is 13.7. The van der Waals surface area contributed by atoms with Crippen LogP contribution in [-0.2, 0) is 14.8 Å². The highest BCUT2D eigenvalue weighted by Crippen LogP contribution is 2.35. The smallest absolute Gasteiger partial charge is 0.343 e. The standard InChI is InChI=1S/C31H29N3O7S/c1-22-9-16-27(17-10-22)42(37,38)34(28-19-26(39-2)15-18-29(28)40-3)21-30(35)33-32-20-23-11-13-25(14-12-23)41-31(36)24-7-5-4-6-8-24/h4-20H,21H2,1-3H3,(H,33,35)/b32-20-. The Morgan fingerprint density at radius 2 is 1.52 bits per heavy atom. The van der Waals surface area contributed by atoms with Gasteiger partial charge in [0.25, 0.3) is 15.9 Å². The maximum absolute atomic E-state index is 13.7. The van der Waals surface area contributed by atoms with Crippen LogP contribution in [0.15, 0.2) is 107 Å². The van der Waals surface area contributed by atoms with Crippen LogP contribution in [-0.4, -0.2) is 47.3 Å². The molecule has 0 aromatic heterocycles. The molecule has 0 saturated heterocycles. The Hall–Kier alpha value is -5.16. The second-order valence-electron chi connectivity index (χ2n) is 8.98. The minimum Gasteiger partial charge on any atom is -0.497 e. The number of carbonyl (C=O) groups is 2. The van der Waals surface area contributed by atoms with Gasteiger partial charge in [0.2, 0.25) is 0 Å². The van der Waals surface area contributed by atoms with Crippen molar-refractivity contribution in [1.29, 1.82) is 0 Å². The Morgan fingerprint density at radius 1 is 0.857 bits per heavy atom. The molecule has 0 heterocycles. The van der Waals surface area contributed by atoms with E-state index >= 15 is 0 Å². The molecule has 0 atom stereocenters. The van der Waals surface area contributed by atoms with Gasteiger partial charge in [0.1, 0.15) is 23.8 Å². The summed E-state index contributed by atoms with van der Waals surface area (Å²) in [4.78, 5) is 25.2.